The van der Waals surface area contributed by atoms with E-state index in [0.717, 1.165) is 0 Å². The van der Waals surface area contributed by atoms with E-state index in [-0.39, 0.29) is 10.6 Å². The van der Waals surface area contributed by atoms with Crippen LogP contribution in [-0.2, 0) is 4.79 Å². The fourth-order valence-electron chi connectivity index (χ4n) is 1.09. The molecule has 5 nitrogen and oxygen atoms in total. The van der Waals surface area contributed by atoms with Gasteiger partial charge in [-0.1, -0.05) is 17.7 Å². The largest absolute Gasteiger partial charge is 0.479 e. The Labute approximate surface area is 90.7 Å². The van der Waals surface area contributed by atoms with E-state index in [1.807, 2.05) is 0 Å². The summed E-state index contributed by atoms with van der Waals surface area (Å²) in [6.45, 7) is 0. The number of carboxylic acids is 1. The zero-order valence-electron chi connectivity index (χ0n) is 7.59. The highest BCUT2D eigenvalue weighted by Crippen LogP contribution is 2.27. The Hall–Kier alpha value is -1.30. The normalized spacial score (nSPS) is 14.6. The summed E-state index contributed by atoms with van der Waals surface area (Å²) in [5.41, 5.74) is 5.93. The van der Waals surface area contributed by atoms with E-state index in [2.05, 4.69) is 0 Å². The van der Waals surface area contributed by atoms with Crippen molar-refractivity contribution < 1.29 is 20.1 Å². The molecule has 82 valence electrons. The highest BCUT2D eigenvalue weighted by atomic mass is 35.5. The maximum Gasteiger partial charge on any atom is 0.335 e. The lowest BCUT2D eigenvalue weighted by atomic mass is 10.0. The predicted molar refractivity (Wildman–Crippen MR) is 54.5 cm³/mol. The zero-order chi connectivity index (χ0) is 11.6. The minimum atomic E-state index is -1.91. The topological polar surface area (TPSA) is 104 Å². The molecule has 0 amide bonds. The molecule has 0 bridgehead atoms. The number of carbonyl (C=O) groups is 1. The van der Waals surface area contributed by atoms with Gasteiger partial charge >= 0.3 is 5.97 Å². The van der Waals surface area contributed by atoms with Crippen LogP contribution in [0.5, 0.6) is 0 Å². The van der Waals surface area contributed by atoms with Crippen molar-refractivity contribution in [3.63, 3.8) is 0 Å². The lowest BCUT2D eigenvalue weighted by Gasteiger charge is -2.15. The van der Waals surface area contributed by atoms with Crippen molar-refractivity contribution >= 4 is 23.3 Å². The summed E-state index contributed by atoms with van der Waals surface area (Å²) in [4.78, 5) is 10.4. The Morgan fingerprint density at radius 2 is 2.00 bits per heavy atom. The first-order valence-electron chi connectivity index (χ1n) is 4.07. The first kappa shape index (κ1) is 11.8. The molecule has 0 aromatic heterocycles. The summed E-state index contributed by atoms with van der Waals surface area (Å²) >= 11 is 5.73. The van der Waals surface area contributed by atoms with Gasteiger partial charge in [0, 0.05) is 16.3 Å². The van der Waals surface area contributed by atoms with E-state index >= 15 is 0 Å². The van der Waals surface area contributed by atoms with Gasteiger partial charge in [-0.25, -0.2) is 4.79 Å². The van der Waals surface area contributed by atoms with E-state index in [4.69, 9.17) is 27.5 Å². The second kappa shape index (κ2) is 4.48. The zero-order valence-corrected chi connectivity index (χ0v) is 8.35. The van der Waals surface area contributed by atoms with E-state index < -0.39 is 18.2 Å². The van der Waals surface area contributed by atoms with Gasteiger partial charge < -0.3 is 21.1 Å². The molecule has 0 radical (unpaired) electrons. The quantitative estimate of drug-likeness (QED) is 0.564. The Morgan fingerprint density at radius 1 is 1.40 bits per heavy atom. The van der Waals surface area contributed by atoms with Gasteiger partial charge in [-0.3, -0.25) is 0 Å². The standard InChI is InChI=1S/C9H10ClNO4/c10-6-3-4(11)1-2-5(6)7(12)8(13)9(14)15/h1-3,7-8,12-13H,11H2,(H,14,15). The number of aliphatic carboxylic acids is 1. The van der Waals surface area contributed by atoms with E-state index in [1.54, 1.807) is 0 Å². The number of anilines is 1. The van der Waals surface area contributed by atoms with Crippen molar-refractivity contribution in [2.45, 2.75) is 12.2 Å². The molecular weight excluding hydrogens is 222 g/mol. The first-order valence-corrected chi connectivity index (χ1v) is 4.45. The van der Waals surface area contributed by atoms with Crippen molar-refractivity contribution in [3.8, 4) is 0 Å². The number of carboxylic acid groups (broad SMARTS) is 1. The third-order valence-corrected chi connectivity index (χ3v) is 2.22. The fourth-order valence-corrected chi connectivity index (χ4v) is 1.39. The highest BCUT2D eigenvalue weighted by Gasteiger charge is 2.26. The number of aliphatic hydroxyl groups is 2. The SMILES string of the molecule is Nc1ccc(C(O)C(O)C(=O)O)c(Cl)c1. The molecule has 1 aromatic rings. The molecule has 0 aliphatic rings. The third-order valence-electron chi connectivity index (χ3n) is 1.90. The molecule has 0 heterocycles. The molecule has 5 N–H and O–H groups in total. The molecule has 15 heavy (non-hydrogen) atoms. The predicted octanol–water partition coefficient (Wildman–Crippen LogP) is 0.401. The van der Waals surface area contributed by atoms with Gasteiger partial charge in [0.25, 0.3) is 0 Å². The molecule has 0 spiro atoms. The van der Waals surface area contributed by atoms with Gasteiger partial charge in [0.05, 0.1) is 0 Å². The Morgan fingerprint density at radius 3 is 2.47 bits per heavy atom. The van der Waals surface area contributed by atoms with Gasteiger partial charge in [0.15, 0.2) is 6.10 Å². The van der Waals surface area contributed by atoms with Crippen LogP contribution in [0.15, 0.2) is 18.2 Å². The molecule has 1 rings (SSSR count). The summed E-state index contributed by atoms with van der Waals surface area (Å²) in [6.07, 6.45) is -3.48. The minimum Gasteiger partial charge on any atom is -0.479 e. The van der Waals surface area contributed by atoms with Crippen molar-refractivity contribution in [1.82, 2.24) is 0 Å². The number of halogens is 1. The van der Waals surface area contributed by atoms with Crippen LogP contribution >= 0.6 is 11.6 Å². The van der Waals surface area contributed by atoms with Gasteiger partial charge in [0.1, 0.15) is 6.10 Å². The summed E-state index contributed by atoms with van der Waals surface area (Å²) in [6, 6.07) is 4.20. The first-order chi connectivity index (χ1) is 6.93. The number of hydrogen-bond donors (Lipinski definition) is 4. The number of aliphatic hydroxyl groups excluding tert-OH is 2. The van der Waals surface area contributed by atoms with Crippen molar-refractivity contribution in [2.24, 2.45) is 0 Å². The van der Waals surface area contributed by atoms with E-state index in [1.165, 1.54) is 18.2 Å². The minimum absolute atomic E-state index is 0.114. The number of nitrogens with two attached hydrogens (primary N) is 1. The maximum atomic E-state index is 10.4. The van der Waals surface area contributed by atoms with E-state index in [9.17, 15) is 9.90 Å². The number of hydrogen-bond acceptors (Lipinski definition) is 4. The lowest BCUT2D eigenvalue weighted by molar-refractivity contribution is -0.153. The van der Waals surface area contributed by atoms with Gasteiger partial charge in [-0.15, -0.1) is 0 Å². The fraction of sp³-hybridized carbons (Fsp3) is 0.222. The number of benzene rings is 1. The van der Waals surface area contributed by atoms with Crippen molar-refractivity contribution in [2.75, 3.05) is 5.73 Å². The van der Waals surface area contributed by atoms with Gasteiger partial charge in [-0.2, -0.15) is 0 Å². The molecule has 2 atom stereocenters. The number of rotatable bonds is 3. The van der Waals surface area contributed by atoms with Crippen molar-refractivity contribution in [3.05, 3.63) is 28.8 Å². The van der Waals surface area contributed by atoms with Crippen LogP contribution in [0.1, 0.15) is 11.7 Å². The molecule has 0 saturated heterocycles. The van der Waals surface area contributed by atoms with Crippen LogP contribution in [0.2, 0.25) is 5.02 Å². The van der Waals surface area contributed by atoms with Crippen LogP contribution in [0.25, 0.3) is 0 Å². The second-order valence-electron chi connectivity index (χ2n) is 3.01. The Bertz CT molecular complexity index is 382. The van der Waals surface area contributed by atoms with E-state index in [0.29, 0.717) is 5.69 Å². The van der Waals surface area contributed by atoms with Gasteiger partial charge in [0.2, 0.25) is 0 Å². The summed E-state index contributed by atoms with van der Waals surface area (Å²) in [7, 11) is 0. The number of nitrogen functional groups attached to an aromatic ring is 1. The summed E-state index contributed by atoms with van der Waals surface area (Å²) in [5, 5.41) is 27.2. The molecule has 0 aliphatic heterocycles. The highest BCUT2D eigenvalue weighted by molar-refractivity contribution is 6.31. The molecular formula is C9H10ClNO4. The van der Waals surface area contributed by atoms with Crippen LogP contribution in [0.4, 0.5) is 5.69 Å². The smallest absolute Gasteiger partial charge is 0.335 e. The van der Waals surface area contributed by atoms with Crippen LogP contribution in [-0.4, -0.2) is 27.4 Å². The molecule has 0 saturated carbocycles. The Kier molecular flexibility index (Phi) is 3.52. The van der Waals surface area contributed by atoms with Crippen LogP contribution in [0.3, 0.4) is 0 Å². The van der Waals surface area contributed by atoms with Crippen LogP contribution in [0, 0.1) is 0 Å². The lowest BCUT2D eigenvalue weighted by Crippen LogP contribution is -2.27. The molecule has 6 heteroatoms. The molecule has 2 unspecified atom stereocenters. The third kappa shape index (κ3) is 2.59. The monoisotopic (exact) mass is 231 g/mol. The molecule has 1 aromatic carbocycles. The maximum absolute atomic E-state index is 10.4. The average Bonchev–Trinajstić information content (AvgIpc) is 2.15. The molecule has 0 fully saturated rings. The average molecular weight is 232 g/mol. The van der Waals surface area contributed by atoms with Gasteiger partial charge in [-0.05, 0) is 12.1 Å². The van der Waals surface area contributed by atoms with Crippen LogP contribution < -0.4 is 5.73 Å². The van der Waals surface area contributed by atoms with Crippen molar-refractivity contribution in [1.29, 1.82) is 0 Å². The summed E-state index contributed by atoms with van der Waals surface area (Å²) in [5.74, 6) is -1.52. The Balaban J connectivity index is 3.01. The summed E-state index contributed by atoms with van der Waals surface area (Å²) < 4.78 is 0. The second-order valence-corrected chi connectivity index (χ2v) is 3.42. The molecule has 0 aliphatic carbocycles.